The average molecular weight is 358 g/mol. The Morgan fingerprint density at radius 2 is 0.739 bits per heavy atom. The summed E-state index contributed by atoms with van der Waals surface area (Å²) in [5.41, 5.74) is 0. The lowest BCUT2D eigenvalue weighted by Gasteiger charge is -2.05. The molecule has 1 fully saturated rings. The van der Waals surface area contributed by atoms with Crippen molar-refractivity contribution < 1.29 is 39.1 Å². The second-order valence-electron chi connectivity index (χ2n) is 5.54. The predicted octanol–water partition coefficient (Wildman–Crippen LogP) is 3.56. The Morgan fingerprint density at radius 1 is 0.522 bits per heavy atom. The van der Waals surface area contributed by atoms with Crippen LogP contribution >= 0.6 is 7.82 Å². The van der Waals surface area contributed by atoms with Crippen molar-refractivity contribution in [1.82, 2.24) is 0 Å². The van der Waals surface area contributed by atoms with Crippen molar-refractivity contribution in [3.8, 4) is 0 Å². The van der Waals surface area contributed by atoms with E-state index in [1.807, 2.05) is 0 Å². The van der Waals surface area contributed by atoms with Gasteiger partial charge in [0.25, 0.3) is 0 Å². The fourth-order valence-electron chi connectivity index (χ4n) is 2.20. The van der Waals surface area contributed by atoms with Crippen LogP contribution in [0.1, 0.15) is 77.0 Å². The highest BCUT2D eigenvalue weighted by molar-refractivity contribution is 7.45. The maximum atomic E-state index is 8.88. The minimum Gasteiger partial charge on any atom is -0.303 e. The molecule has 0 unspecified atom stereocenters. The third-order valence-electron chi connectivity index (χ3n) is 3.33. The highest BCUT2D eigenvalue weighted by atomic mass is 31.2. The van der Waals surface area contributed by atoms with E-state index < -0.39 is 7.82 Å². The van der Waals surface area contributed by atoms with Gasteiger partial charge in [0.05, 0.1) is 13.2 Å². The van der Waals surface area contributed by atoms with E-state index >= 15 is 0 Å². The highest BCUT2D eigenvalue weighted by Crippen LogP contribution is 2.25. The van der Waals surface area contributed by atoms with Gasteiger partial charge in [0, 0.05) is 0 Å². The molecule has 0 atom stereocenters. The van der Waals surface area contributed by atoms with E-state index in [1.165, 1.54) is 64.2 Å². The van der Waals surface area contributed by atoms with E-state index in [0.29, 0.717) is 13.2 Å². The number of hydrogen-bond acceptors (Lipinski definition) is 5. The Balaban J connectivity index is 0.000000841. The monoisotopic (exact) mass is 358 g/mol. The summed E-state index contributed by atoms with van der Waals surface area (Å²) < 4.78 is 8.88. The van der Waals surface area contributed by atoms with Crippen LogP contribution in [0.2, 0.25) is 0 Å². The lowest BCUT2D eigenvalue weighted by molar-refractivity contribution is -0.634. The maximum Gasteiger partial charge on any atom is 0.466 e. The Labute approximate surface area is 138 Å². The normalized spacial score (nSPS) is 21.3. The largest absolute Gasteiger partial charge is 0.466 e. The first-order valence-electron chi connectivity index (χ1n) is 8.36. The van der Waals surface area contributed by atoms with Crippen LogP contribution in [0.5, 0.6) is 0 Å². The molecular formula is C14H31O8P. The molecule has 8 nitrogen and oxygen atoms in total. The fraction of sp³-hybridized carbons (Fsp3) is 1.00. The maximum absolute atomic E-state index is 8.88. The van der Waals surface area contributed by atoms with E-state index in [2.05, 4.69) is 10.1 Å². The van der Waals surface area contributed by atoms with Gasteiger partial charge in [0.2, 0.25) is 0 Å². The first kappa shape index (κ1) is 22.9. The molecule has 0 radical (unpaired) electrons. The predicted molar refractivity (Wildman–Crippen MR) is 83.7 cm³/mol. The van der Waals surface area contributed by atoms with Gasteiger partial charge in [0.15, 0.2) is 0 Å². The molecule has 0 spiro atoms. The minimum absolute atomic E-state index is 0.573. The number of rotatable bonds is 0. The molecule has 140 valence electrons. The van der Waals surface area contributed by atoms with E-state index in [9.17, 15) is 0 Å². The summed E-state index contributed by atoms with van der Waals surface area (Å²) in [6, 6.07) is 0. The van der Waals surface area contributed by atoms with Crippen LogP contribution in [-0.2, 0) is 24.4 Å². The van der Waals surface area contributed by atoms with Gasteiger partial charge in [-0.2, -0.15) is 0 Å². The van der Waals surface area contributed by atoms with Crippen molar-refractivity contribution in [3.05, 3.63) is 0 Å². The molecule has 0 amide bonds. The van der Waals surface area contributed by atoms with Crippen LogP contribution in [-0.4, -0.2) is 27.9 Å². The van der Waals surface area contributed by atoms with E-state index in [1.54, 1.807) is 0 Å². The minimum atomic E-state index is -4.64. The Kier molecular flexibility index (Phi) is 16.8. The molecule has 1 heterocycles. The first-order chi connectivity index (χ1) is 11.0. The molecule has 1 rings (SSSR count). The molecule has 1 saturated heterocycles. The summed E-state index contributed by atoms with van der Waals surface area (Å²) in [6.07, 6.45) is 15.3. The smallest absolute Gasteiger partial charge is 0.303 e. The zero-order valence-corrected chi connectivity index (χ0v) is 14.6. The van der Waals surface area contributed by atoms with E-state index in [-0.39, 0.29) is 0 Å². The third kappa shape index (κ3) is 27.1. The Bertz CT molecular complexity index is 201. The molecule has 0 aromatic heterocycles. The van der Waals surface area contributed by atoms with Crippen LogP contribution in [0.3, 0.4) is 0 Å². The second-order valence-corrected chi connectivity index (χ2v) is 6.56. The standard InChI is InChI=1S/C14H28O4.H3O4P/c1-2-4-6-8-10-12-14-16-18-17-15-13-11-9-7-5-3-1;1-5(2,3)4/h1-14H2;(H3,1,2,3,4). The summed E-state index contributed by atoms with van der Waals surface area (Å²) in [5.74, 6) is 0. The zero-order valence-electron chi connectivity index (χ0n) is 13.7. The van der Waals surface area contributed by atoms with Crippen LogP contribution < -0.4 is 0 Å². The molecule has 23 heavy (non-hydrogen) atoms. The van der Waals surface area contributed by atoms with Crippen LogP contribution in [0.4, 0.5) is 0 Å². The van der Waals surface area contributed by atoms with Crippen molar-refractivity contribution >= 4 is 7.82 Å². The molecule has 1 aliphatic rings. The highest BCUT2D eigenvalue weighted by Gasteiger charge is 2.00. The lowest BCUT2D eigenvalue weighted by Crippen LogP contribution is -2.01. The summed E-state index contributed by atoms with van der Waals surface area (Å²) in [4.78, 5) is 31.2. The lowest BCUT2D eigenvalue weighted by atomic mass is 10.1. The average Bonchev–Trinajstić information content (AvgIpc) is 2.46. The van der Waals surface area contributed by atoms with E-state index in [4.69, 9.17) is 29.0 Å². The Hall–Kier alpha value is -0.0500. The molecule has 1 aliphatic heterocycles. The molecule has 0 aromatic rings. The van der Waals surface area contributed by atoms with Gasteiger partial charge in [-0.05, 0) is 22.9 Å². The van der Waals surface area contributed by atoms with Crippen molar-refractivity contribution in [3.63, 3.8) is 0 Å². The quantitative estimate of drug-likeness (QED) is 0.445. The van der Waals surface area contributed by atoms with E-state index in [0.717, 1.165) is 12.8 Å². The summed E-state index contributed by atoms with van der Waals surface area (Å²) in [6.45, 7) is 1.15. The van der Waals surface area contributed by atoms with Crippen LogP contribution in [0.25, 0.3) is 0 Å². The van der Waals surface area contributed by atoms with Gasteiger partial charge in [-0.15, -0.1) is 0 Å². The fourth-order valence-corrected chi connectivity index (χ4v) is 2.20. The van der Waals surface area contributed by atoms with Crippen LogP contribution in [0, 0.1) is 0 Å². The molecule has 3 N–H and O–H groups in total. The molecule has 0 bridgehead atoms. The topological polar surface area (TPSA) is 115 Å². The van der Waals surface area contributed by atoms with Gasteiger partial charge in [-0.1, -0.05) is 64.2 Å². The first-order valence-corrected chi connectivity index (χ1v) is 9.93. The molecule has 9 heteroatoms. The third-order valence-corrected chi connectivity index (χ3v) is 3.33. The summed E-state index contributed by atoms with van der Waals surface area (Å²) in [5, 5.41) is 8.91. The van der Waals surface area contributed by atoms with Crippen LogP contribution in [0.15, 0.2) is 0 Å². The van der Waals surface area contributed by atoms with Gasteiger partial charge in [0.1, 0.15) is 0 Å². The SMILES string of the molecule is C1CCCCCCCOOOOCCCCCC1.O=P(O)(O)O. The van der Waals surface area contributed by atoms with Crippen molar-refractivity contribution in [2.45, 2.75) is 77.0 Å². The zero-order chi connectivity index (χ0) is 17.2. The molecular weight excluding hydrogens is 327 g/mol. The summed E-state index contributed by atoms with van der Waals surface area (Å²) >= 11 is 0. The summed E-state index contributed by atoms with van der Waals surface area (Å²) in [7, 11) is -4.64. The second kappa shape index (κ2) is 16.8. The molecule has 0 aromatic carbocycles. The van der Waals surface area contributed by atoms with Gasteiger partial charge >= 0.3 is 7.82 Å². The van der Waals surface area contributed by atoms with Gasteiger partial charge in [-0.3, -0.25) is 0 Å². The van der Waals surface area contributed by atoms with Gasteiger partial charge in [-0.25, -0.2) is 14.3 Å². The van der Waals surface area contributed by atoms with Gasteiger partial charge < -0.3 is 14.7 Å². The number of hydrogen-bond donors (Lipinski definition) is 3. The van der Waals surface area contributed by atoms with Crippen molar-refractivity contribution in [1.29, 1.82) is 0 Å². The number of phosphoric acid groups is 1. The van der Waals surface area contributed by atoms with Crippen molar-refractivity contribution in [2.75, 3.05) is 13.2 Å². The Morgan fingerprint density at radius 3 is 1.00 bits per heavy atom. The van der Waals surface area contributed by atoms with Crippen molar-refractivity contribution in [2.24, 2.45) is 0 Å². The molecule has 0 saturated carbocycles. The molecule has 0 aliphatic carbocycles.